The van der Waals surface area contributed by atoms with Crippen molar-refractivity contribution in [3.63, 3.8) is 0 Å². The highest BCUT2D eigenvalue weighted by Gasteiger charge is 2.16. The smallest absolute Gasteiger partial charge is 0.266 e. The summed E-state index contributed by atoms with van der Waals surface area (Å²) in [5.74, 6) is 0. The molecule has 1 saturated heterocycles. The van der Waals surface area contributed by atoms with E-state index in [0.717, 1.165) is 31.9 Å². The number of nitrogens with one attached hydrogen (secondary N) is 1. The highest BCUT2D eigenvalue weighted by molar-refractivity contribution is 5.04. The van der Waals surface area contributed by atoms with Crippen molar-refractivity contribution in [2.75, 3.05) is 19.8 Å². The Labute approximate surface area is 88.6 Å². The number of hydrogen-bond donors (Lipinski definition) is 1. The third-order valence-electron chi connectivity index (χ3n) is 2.93. The Morgan fingerprint density at radius 3 is 2.87 bits per heavy atom. The Morgan fingerprint density at radius 1 is 1.53 bits per heavy atom. The average Bonchev–Trinajstić information content (AvgIpc) is 2.48. The second kappa shape index (κ2) is 4.20. The maximum absolute atomic E-state index is 11.4. The lowest BCUT2D eigenvalue weighted by molar-refractivity contribution is 0.0763. The second-order valence-electron chi connectivity index (χ2n) is 3.95. The fraction of sp³-hybridized carbons (Fsp3) is 0.700. The molecule has 1 aromatic rings. The molecule has 0 aliphatic carbocycles. The first-order valence-electron chi connectivity index (χ1n) is 5.21. The van der Waals surface area contributed by atoms with Crippen LogP contribution in [0, 0.1) is 0 Å². The fourth-order valence-electron chi connectivity index (χ4n) is 1.86. The van der Waals surface area contributed by atoms with Gasteiger partial charge < -0.3 is 10.1 Å². The van der Waals surface area contributed by atoms with E-state index in [4.69, 9.17) is 4.74 Å². The molecule has 1 atom stereocenters. The summed E-state index contributed by atoms with van der Waals surface area (Å²) in [7, 11) is 3.68. The van der Waals surface area contributed by atoms with E-state index in [2.05, 4.69) is 5.32 Å². The molecule has 0 aromatic carbocycles. The van der Waals surface area contributed by atoms with Gasteiger partial charge in [-0.05, 0) is 0 Å². The summed E-state index contributed by atoms with van der Waals surface area (Å²) in [6.07, 6.45) is 0.840. The van der Waals surface area contributed by atoms with Crippen molar-refractivity contribution in [3.8, 4) is 0 Å². The molecule has 5 heteroatoms. The molecule has 1 fully saturated rings. The van der Waals surface area contributed by atoms with E-state index < -0.39 is 0 Å². The highest BCUT2D eigenvalue weighted by Crippen LogP contribution is 2.03. The fourth-order valence-corrected chi connectivity index (χ4v) is 1.86. The molecule has 0 saturated carbocycles. The Balaban J connectivity index is 2.09. The predicted molar refractivity (Wildman–Crippen MR) is 57.0 cm³/mol. The number of morpholine rings is 1. The van der Waals surface area contributed by atoms with Gasteiger partial charge in [-0.15, -0.1) is 0 Å². The summed E-state index contributed by atoms with van der Waals surface area (Å²) in [6, 6.07) is 2.02. The van der Waals surface area contributed by atoms with Gasteiger partial charge in [-0.25, -0.2) is 0 Å². The van der Waals surface area contributed by atoms with E-state index in [0.29, 0.717) is 6.04 Å². The lowest BCUT2D eigenvalue weighted by atomic mass is 10.1. The van der Waals surface area contributed by atoms with Crippen molar-refractivity contribution in [3.05, 3.63) is 22.1 Å². The number of nitrogens with zero attached hydrogens (tertiary/aromatic N) is 2. The van der Waals surface area contributed by atoms with Gasteiger partial charge in [0.2, 0.25) is 0 Å². The molecule has 0 amide bonds. The molecule has 0 spiro atoms. The third-order valence-corrected chi connectivity index (χ3v) is 2.93. The first-order valence-corrected chi connectivity index (χ1v) is 5.21. The van der Waals surface area contributed by atoms with Gasteiger partial charge >= 0.3 is 0 Å². The Kier molecular flexibility index (Phi) is 2.93. The summed E-state index contributed by atoms with van der Waals surface area (Å²) in [5.41, 5.74) is 1.09. The van der Waals surface area contributed by atoms with Crippen LogP contribution in [-0.2, 0) is 25.3 Å². The monoisotopic (exact) mass is 211 g/mol. The van der Waals surface area contributed by atoms with Crippen LogP contribution in [0.25, 0.3) is 0 Å². The Hall–Kier alpha value is -1.07. The summed E-state index contributed by atoms with van der Waals surface area (Å²) >= 11 is 0. The quantitative estimate of drug-likeness (QED) is 0.700. The number of ether oxygens (including phenoxy) is 1. The normalized spacial score (nSPS) is 21.9. The van der Waals surface area contributed by atoms with Gasteiger partial charge in [0.1, 0.15) is 0 Å². The van der Waals surface area contributed by atoms with Crippen molar-refractivity contribution in [2.45, 2.75) is 12.5 Å². The second-order valence-corrected chi connectivity index (χ2v) is 3.95. The Morgan fingerprint density at radius 2 is 2.33 bits per heavy atom. The molecule has 84 valence electrons. The minimum atomic E-state index is 0.0456. The first-order chi connectivity index (χ1) is 7.18. The minimum Gasteiger partial charge on any atom is -0.379 e. The average molecular weight is 211 g/mol. The Bertz CT molecular complexity index is 388. The lowest BCUT2D eigenvalue weighted by Gasteiger charge is -2.23. The molecule has 1 N–H and O–H groups in total. The summed E-state index contributed by atoms with van der Waals surface area (Å²) in [4.78, 5) is 11.4. The maximum Gasteiger partial charge on any atom is 0.266 e. The van der Waals surface area contributed by atoms with Crippen LogP contribution in [-0.4, -0.2) is 35.2 Å². The zero-order chi connectivity index (χ0) is 10.8. The van der Waals surface area contributed by atoms with Crippen LogP contribution >= 0.6 is 0 Å². The third kappa shape index (κ3) is 2.13. The van der Waals surface area contributed by atoms with Gasteiger partial charge in [0, 0.05) is 44.9 Å². The topological polar surface area (TPSA) is 48.2 Å². The molecule has 15 heavy (non-hydrogen) atoms. The van der Waals surface area contributed by atoms with Crippen molar-refractivity contribution in [1.82, 2.24) is 14.7 Å². The van der Waals surface area contributed by atoms with Crippen LogP contribution in [0.5, 0.6) is 0 Å². The van der Waals surface area contributed by atoms with Gasteiger partial charge in [-0.1, -0.05) is 0 Å². The number of rotatable bonds is 2. The molecule has 1 aliphatic heterocycles. The van der Waals surface area contributed by atoms with E-state index in [-0.39, 0.29) is 5.56 Å². The zero-order valence-electron chi connectivity index (χ0n) is 9.19. The van der Waals surface area contributed by atoms with E-state index in [1.165, 1.54) is 0 Å². The van der Waals surface area contributed by atoms with Crippen LogP contribution in [0.15, 0.2) is 10.9 Å². The molecular formula is C10H17N3O2. The van der Waals surface area contributed by atoms with Crippen molar-refractivity contribution >= 4 is 0 Å². The van der Waals surface area contributed by atoms with Crippen molar-refractivity contribution in [2.24, 2.45) is 14.1 Å². The van der Waals surface area contributed by atoms with Gasteiger partial charge in [0.05, 0.1) is 13.2 Å². The zero-order valence-corrected chi connectivity index (χ0v) is 9.19. The number of hydrogen-bond acceptors (Lipinski definition) is 3. The maximum atomic E-state index is 11.4. The largest absolute Gasteiger partial charge is 0.379 e. The molecule has 0 radical (unpaired) electrons. The van der Waals surface area contributed by atoms with E-state index in [9.17, 15) is 4.79 Å². The molecular weight excluding hydrogens is 194 g/mol. The number of aromatic nitrogens is 2. The molecule has 2 heterocycles. The van der Waals surface area contributed by atoms with E-state index in [1.807, 2.05) is 11.7 Å². The van der Waals surface area contributed by atoms with Crippen LogP contribution in [0.4, 0.5) is 0 Å². The predicted octanol–water partition coefficient (Wildman–Crippen LogP) is -0.745. The van der Waals surface area contributed by atoms with Gasteiger partial charge in [-0.2, -0.15) is 0 Å². The van der Waals surface area contributed by atoms with Crippen LogP contribution in [0.1, 0.15) is 5.69 Å². The highest BCUT2D eigenvalue weighted by atomic mass is 16.5. The minimum absolute atomic E-state index is 0.0456. The van der Waals surface area contributed by atoms with Gasteiger partial charge in [0.15, 0.2) is 0 Å². The molecule has 1 unspecified atom stereocenters. The van der Waals surface area contributed by atoms with Crippen LogP contribution in [0.2, 0.25) is 0 Å². The summed E-state index contributed by atoms with van der Waals surface area (Å²) < 4.78 is 8.87. The first kappa shape index (κ1) is 10.4. The van der Waals surface area contributed by atoms with Gasteiger partial charge in [-0.3, -0.25) is 14.2 Å². The molecule has 0 bridgehead atoms. The van der Waals surface area contributed by atoms with Crippen LogP contribution < -0.4 is 10.9 Å². The van der Waals surface area contributed by atoms with E-state index in [1.54, 1.807) is 17.8 Å². The summed E-state index contributed by atoms with van der Waals surface area (Å²) in [6.45, 7) is 2.40. The standard InChI is InChI=1S/C10H17N3O2/c1-12-9(6-10(14)13(12)2)5-8-7-15-4-3-11-8/h6,8,11H,3-5,7H2,1-2H3. The molecule has 1 aliphatic rings. The van der Waals surface area contributed by atoms with Gasteiger partial charge in [0.25, 0.3) is 5.56 Å². The van der Waals surface area contributed by atoms with Crippen molar-refractivity contribution < 1.29 is 4.74 Å². The SMILES string of the molecule is Cn1c(CC2COCCN2)cc(=O)n1C. The van der Waals surface area contributed by atoms with Crippen molar-refractivity contribution in [1.29, 1.82) is 0 Å². The molecule has 1 aromatic heterocycles. The van der Waals surface area contributed by atoms with Crippen LogP contribution in [0.3, 0.4) is 0 Å². The summed E-state index contributed by atoms with van der Waals surface area (Å²) in [5, 5.41) is 3.37. The molecule has 2 rings (SSSR count). The lowest BCUT2D eigenvalue weighted by Crippen LogP contribution is -2.42. The molecule has 5 nitrogen and oxygen atoms in total. The van der Waals surface area contributed by atoms with E-state index >= 15 is 0 Å².